The van der Waals surface area contributed by atoms with Crippen LogP contribution in [0.4, 0.5) is 0 Å². The Labute approximate surface area is 101 Å². The van der Waals surface area contributed by atoms with Crippen LogP contribution in [0.15, 0.2) is 42.7 Å². The van der Waals surface area contributed by atoms with Gasteiger partial charge in [0.25, 0.3) is 0 Å². The molecule has 1 atom stereocenters. The molecule has 0 spiro atoms. The Hall–Kier alpha value is -1.81. The quantitative estimate of drug-likeness (QED) is 0.771. The Morgan fingerprint density at radius 1 is 1.41 bits per heavy atom. The number of aliphatic hydroxyl groups excluding tert-OH is 1. The van der Waals surface area contributed by atoms with Crippen molar-refractivity contribution in [3.05, 3.63) is 48.2 Å². The van der Waals surface area contributed by atoms with Crippen molar-refractivity contribution in [3.8, 4) is 0 Å². The third kappa shape index (κ3) is 2.65. The van der Waals surface area contributed by atoms with Gasteiger partial charge in [-0.1, -0.05) is 36.9 Å². The molecule has 0 bridgehead atoms. The fraction of sp³-hybridized carbons (Fsp3) is 0.308. The van der Waals surface area contributed by atoms with Crippen molar-refractivity contribution in [2.45, 2.75) is 6.04 Å². The molecular weight excluding hydrogens is 216 g/mol. The minimum absolute atomic E-state index is 0.0153. The first-order valence-corrected chi connectivity index (χ1v) is 5.62. The zero-order valence-corrected chi connectivity index (χ0v) is 9.60. The minimum Gasteiger partial charge on any atom is -0.511 e. The normalized spacial score (nSPS) is 18.5. The lowest BCUT2D eigenvalue weighted by atomic mass is 10.0. The van der Waals surface area contributed by atoms with Gasteiger partial charge in [-0.25, -0.2) is 0 Å². The van der Waals surface area contributed by atoms with Crippen LogP contribution >= 0.6 is 0 Å². The SMILES string of the molecule is C=C(O)C(c1ccccc1)N1CCNC(=O)C1. The largest absolute Gasteiger partial charge is 0.511 e. The molecule has 1 aromatic rings. The molecule has 1 fully saturated rings. The number of aliphatic hydroxyl groups is 1. The third-order valence-corrected chi connectivity index (χ3v) is 2.86. The third-order valence-electron chi connectivity index (χ3n) is 2.86. The zero-order valence-electron chi connectivity index (χ0n) is 9.60. The van der Waals surface area contributed by atoms with Gasteiger partial charge in [0.05, 0.1) is 12.6 Å². The molecule has 0 radical (unpaired) electrons. The first-order chi connectivity index (χ1) is 8.18. The molecule has 1 unspecified atom stereocenters. The molecule has 4 heteroatoms. The van der Waals surface area contributed by atoms with Gasteiger partial charge in [-0.2, -0.15) is 0 Å². The molecule has 0 aromatic heterocycles. The Morgan fingerprint density at radius 3 is 2.71 bits per heavy atom. The summed E-state index contributed by atoms with van der Waals surface area (Å²) in [4.78, 5) is 13.3. The van der Waals surface area contributed by atoms with Crippen molar-refractivity contribution in [2.24, 2.45) is 0 Å². The van der Waals surface area contributed by atoms with Crippen molar-refractivity contribution in [3.63, 3.8) is 0 Å². The minimum atomic E-state index is -0.303. The highest BCUT2D eigenvalue weighted by molar-refractivity contribution is 5.78. The number of rotatable bonds is 3. The van der Waals surface area contributed by atoms with E-state index in [1.165, 1.54) is 0 Å². The zero-order chi connectivity index (χ0) is 12.3. The van der Waals surface area contributed by atoms with Crippen molar-refractivity contribution < 1.29 is 9.90 Å². The van der Waals surface area contributed by atoms with Gasteiger partial charge in [-0.05, 0) is 5.56 Å². The van der Waals surface area contributed by atoms with E-state index in [1.54, 1.807) is 0 Å². The van der Waals surface area contributed by atoms with Crippen LogP contribution < -0.4 is 5.32 Å². The molecular formula is C13H16N2O2. The number of carbonyl (C=O) groups excluding carboxylic acids is 1. The molecule has 2 rings (SSSR count). The van der Waals surface area contributed by atoms with E-state index in [1.807, 2.05) is 35.2 Å². The molecule has 4 nitrogen and oxygen atoms in total. The van der Waals surface area contributed by atoms with Gasteiger partial charge in [0.15, 0.2) is 0 Å². The number of hydrogen-bond donors (Lipinski definition) is 2. The molecule has 2 N–H and O–H groups in total. The van der Waals surface area contributed by atoms with Crippen molar-refractivity contribution >= 4 is 5.91 Å². The molecule has 1 aliphatic rings. The fourth-order valence-corrected chi connectivity index (χ4v) is 2.13. The lowest BCUT2D eigenvalue weighted by molar-refractivity contribution is -0.124. The Bertz CT molecular complexity index is 417. The van der Waals surface area contributed by atoms with E-state index >= 15 is 0 Å². The van der Waals surface area contributed by atoms with Crippen LogP contribution in [0.25, 0.3) is 0 Å². The predicted octanol–water partition coefficient (Wildman–Crippen LogP) is 1.23. The second kappa shape index (κ2) is 5.01. The van der Waals surface area contributed by atoms with E-state index in [2.05, 4.69) is 11.9 Å². The highest BCUT2D eigenvalue weighted by atomic mass is 16.3. The first kappa shape index (κ1) is 11.7. The summed E-state index contributed by atoms with van der Waals surface area (Å²) in [7, 11) is 0. The molecule has 90 valence electrons. The average molecular weight is 232 g/mol. The maximum Gasteiger partial charge on any atom is 0.234 e. The molecule has 1 amide bonds. The van der Waals surface area contributed by atoms with E-state index in [0.717, 1.165) is 5.56 Å². The fourth-order valence-electron chi connectivity index (χ4n) is 2.13. The van der Waals surface area contributed by atoms with Crippen LogP contribution in [0.1, 0.15) is 11.6 Å². The Kier molecular flexibility index (Phi) is 3.44. The summed E-state index contributed by atoms with van der Waals surface area (Å²) in [6.07, 6.45) is 0. The number of hydrogen-bond acceptors (Lipinski definition) is 3. The summed E-state index contributed by atoms with van der Waals surface area (Å²) in [5.74, 6) is 0.0596. The molecule has 1 aromatic carbocycles. The average Bonchev–Trinajstić information content (AvgIpc) is 2.30. The Balaban J connectivity index is 2.23. The Morgan fingerprint density at radius 2 is 2.12 bits per heavy atom. The van der Waals surface area contributed by atoms with Crippen LogP contribution in [0.2, 0.25) is 0 Å². The van der Waals surface area contributed by atoms with E-state index in [9.17, 15) is 9.90 Å². The highest BCUT2D eigenvalue weighted by Crippen LogP contribution is 2.26. The number of carbonyl (C=O) groups is 1. The van der Waals surface area contributed by atoms with Crippen LogP contribution in [0.3, 0.4) is 0 Å². The molecule has 0 saturated carbocycles. The lowest BCUT2D eigenvalue weighted by Crippen LogP contribution is -2.49. The number of benzene rings is 1. The number of amides is 1. The number of piperazine rings is 1. The lowest BCUT2D eigenvalue weighted by Gasteiger charge is -2.33. The van der Waals surface area contributed by atoms with Crippen LogP contribution in [0, 0.1) is 0 Å². The summed E-state index contributed by atoms with van der Waals surface area (Å²) < 4.78 is 0. The van der Waals surface area contributed by atoms with Gasteiger partial charge in [-0.3, -0.25) is 9.69 Å². The van der Waals surface area contributed by atoms with Gasteiger partial charge >= 0.3 is 0 Å². The molecule has 1 aliphatic heterocycles. The maximum atomic E-state index is 11.4. The maximum absolute atomic E-state index is 11.4. The monoisotopic (exact) mass is 232 g/mol. The van der Waals surface area contributed by atoms with Crippen LogP contribution in [0.5, 0.6) is 0 Å². The van der Waals surface area contributed by atoms with Gasteiger partial charge < -0.3 is 10.4 Å². The summed E-state index contributed by atoms with van der Waals surface area (Å²) in [6.45, 7) is 5.22. The summed E-state index contributed by atoms with van der Waals surface area (Å²) in [6, 6.07) is 9.30. The van der Waals surface area contributed by atoms with Crippen molar-refractivity contribution in [1.82, 2.24) is 10.2 Å². The molecule has 17 heavy (non-hydrogen) atoms. The van der Waals surface area contributed by atoms with Crippen LogP contribution in [-0.2, 0) is 4.79 Å². The van der Waals surface area contributed by atoms with Crippen molar-refractivity contribution in [2.75, 3.05) is 19.6 Å². The van der Waals surface area contributed by atoms with E-state index in [4.69, 9.17) is 0 Å². The molecule has 1 heterocycles. The van der Waals surface area contributed by atoms with Crippen molar-refractivity contribution in [1.29, 1.82) is 0 Å². The van der Waals surface area contributed by atoms with E-state index in [0.29, 0.717) is 19.6 Å². The van der Waals surface area contributed by atoms with Gasteiger partial charge in [0.1, 0.15) is 5.76 Å². The molecule has 0 aliphatic carbocycles. The van der Waals surface area contributed by atoms with Gasteiger partial charge in [0, 0.05) is 13.1 Å². The predicted molar refractivity (Wildman–Crippen MR) is 65.5 cm³/mol. The topological polar surface area (TPSA) is 52.6 Å². The molecule has 1 saturated heterocycles. The van der Waals surface area contributed by atoms with E-state index < -0.39 is 0 Å². The van der Waals surface area contributed by atoms with E-state index in [-0.39, 0.29) is 17.7 Å². The summed E-state index contributed by atoms with van der Waals surface area (Å²) >= 11 is 0. The summed E-state index contributed by atoms with van der Waals surface area (Å²) in [5.41, 5.74) is 0.953. The summed E-state index contributed by atoms with van der Waals surface area (Å²) in [5, 5.41) is 12.5. The van der Waals surface area contributed by atoms with Gasteiger partial charge in [0.2, 0.25) is 5.91 Å². The van der Waals surface area contributed by atoms with Crippen LogP contribution in [-0.4, -0.2) is 35.5 Å². The second-order valence-corrected chi connectivity index (χ2v) is 4.12. The highest BCUT2D eigenvalue weighted by Gasteiger charge is 2.27. The second-order valence-electron chi connectivity index (χ2n) is 4.12. The number of nitrogens with zero attached hydrogens (tertiary/aromatic N) is 1. The standard InChI is InChI=1S/C13H16N2O2/c1-10(16)13(11-5-3-2-4-6-11)15-8-7-14-12(17)9-15/h2-6,13,16H,1,7-9H2,(H,14,17). The number of nitrogens with one attached hydrogen (secondary N) is 1. The first-order valence-electron chi connectivity index (χ1n) is 5.62. The van der Waals surface area contributed by atoms with Gasteiger partial charge in [-0.15, -0.1) is 0 Å². The smallest absolute Gasteiger partial charge is 0.234 e.